The first-order valence-corrected chi connectivity index (χ1v) is 14.2. The summed E-state index contributed by atoms with van der Waals surface area (Å²) in [5.74, 6) is 1.25. The highest BCUT2D eigenvalue weighted by molar-refractivity contribution is 7.19. The van der Waals surface area contributed by atoms with Gasteiger partial charge in [0, 0.05) is 54.6 Å². The number of nitrogens with zero attached hydrogens (tertiary/aromatic N) is 7. The highest BCUT2D eigenvalue weighted by Gasteiger charge is 2.23. The molecular formula is C27H33N8O3S+. The second kappa shape index (κ2) is 11.3. The normalized spacial score (nSPS) is 16.8. The molecule has 12 heteroatoms. The zero-order valence-corrected chi connectivity index (χ0v) is 22.7. The molecule has 2 saturated heterocycles. The van der Waals surface area contributed by atoms with Gasteiger partial charge < -0.3 is 9.64 Å². The number of fused-ring (bicyclic) bond motifs is 2. The van der Waals surface area contributed by atoms with Crippen molar-refractivity contribution in [2.45, 2.75) is 25.9 Å². The molecule has 2 N–H and O–H groups in total. The lowest BCUT2D eigenvalue weighted by molar-refractivity contribution is -0.531. The Bertz CT molecular complexity index is 1500. The summed E-state index contributed by atoms with van der Waals surface area (Å²) in [5.41, 5.74) is 4.43. The molecule has 5 heterocycles. The number of hydroxylamine groups is 1. The molecule has 2 aliphatic heterocycles. The molecule has 1 aromatic carbocycles. The number of hydrogen-bond acceptors (Lipinski definition) is 9. The number of benzene rings is 1. The summed E-state index contributed by atoms with van der Waals surface area (Å²) in [5, 5.41) is 14.4. The average molecular weight is 550 g/mol. The maximum atomic E-state index is 11.4. The Morgan fingerprint density at radius 1 is 1.15 bits per heavy atom. The van der Waals surface area contributed by atoms with E-state index in [-0.39, 0.29) is 6.42 Å². The van der Waals surface area contributed by atoms with Crippen LogP contribution in [0.4, 0.5) is 5.82 Å². The van der Waals surface area contributed by atoms with Gasteiger partial charge in [-0.1, -0.05) is 12.1 Å². The van der Waals surface area contributed by atoms with E-state index in [0.717, 1.165) is 78.3 Å². The fraction of sp³-hybridized carbons (Fsp3) is 0.444. The molecular weight excluding hydrogens is 516 g/mol. The van der Waals surface area contributed by atoms with Crippen molar-refractivity contribution in [1.82, 2.24) is 30.1 Å². The van der Waals surface area contributed by atoms with E-state index in [1.165, 1.54) is 4.88 Å². The van der Waals surface area contributed by atoms with Crippen molar-refractivity contribution in [1.29, 1.82) is 0 Å². The molecule has 204 valence electrons. The van der Waals surface area contributed by atoms with Gasteiger partial charge in [-0.05, 0) is 18.6 Å². The maximum absolute atomic E-state index is 11.4. The molecule has 0 unspecified atom stereocenters. The molecule has 39 heavy (non-hydrogen) atoms. The highest BCUT2D eigenvalue weighted by Crippen LogP contribution is 2.36. The van der Waals surface area contributed by atoms with Crippen molar-refractivity contribution in [3.05, 3.63) is 35.3 Å². The largest absolute Gasteiger partial charge is 0.378 e. The number of thiophene rings is 1. The van der Waals surface area contributed by atoms with Crippen LogP contribution in [0.5, 0.6) is 0 Å². The summed E-state index contributed by atoms with van der Waals surface area (Å²) in [6.07, 6.45) is 2.79. The summed E-state index contributed by atoms with van der Waals surface area (Å²) < 4.78 is 10.7. The van der Waals surface area contributed by atoms with Gasteiger partial charge >= 0.3 is 0 Å². The minimum atomic E-state index is -0.399. The van der Waals surface area contributed by atoms with Crippen LogP contribution in [0, 0.1) is 0 Å². The number of nitrogens with one attached hydrogen (secondary N) is 1. The van der Waals surface area contributed by atoms with Gasteiger partial charge in [0.25, 0.3) is 0 Å². The first kappa shape index (κ1) is 25.8. The van der Waals surface area contributed by atoms with Crippen LogP contribution in [0.15, 0.2) is 30.5 Å². The molecule has 0 spiro atoms. The number of carbonyl (C=O) groups excluding carboxylic acids is 1. The Labute approximate surface area is 230 Å². The SMILES string of the molecule is C=[N+]1CCN(Cc2cc3nc(-c4cccc5nn(CCCC(=O)NO)cc45)nc(N4CCOCC4)c3s2)CC1. The van der Waals surface area contributed by atoms with E-state index in [1.54, 1.807) is 16.8 Å². The maximum Gasteiger partial charge on any atom is 0.243 e. The predicted molar refractivity (Wildman–Crippen MR) is 151 cm³/mol. The number of carbonyl (C=O) groups is 1. The quantitative estimate of drug-likeness (QED) is 0.196. The van der Waals surface area contributed by atoms with E-state index >= 15 is 0 Å². The van der Waals surface area contributed by atoms with Crippen LogP contribution in [-0.4, -0.2) is 99.5 Å². The second-order valence-electron chi connectivity index (χ2n) is 10.1. The van der Waals surface area contributed by atoms with Crippen molar-refractivity contribution >= 4 is 50.9 Å². The lowest BCUT2D eigenvalue weighted by Crippen LogP contribution is -2.40. The molecule has 4 aromatic rings. The first-order chi connectivity index (χ1) is 19.1. The van der Waals surface area contributed by atoms with Gasteiger partial charge in [-0.2, -0.15) is 5.10 Å². The van der Waals surface area contributed by atoms with Gasteiger partial charge in [-0.25, -0.2) is 20.0 Å². The zero-order valence-electron chi connectivity index (χ0n) is 21.9. The summed E-state index contributed by atoms with van der Waals surface area (Å²) in [6.45, 7) is 12.5. The molecule has 2 fully saturated rings. The van der Waals surface area contributed by atoms with Crippen molar-refractivity contribution in [3.63, 3.8) is 0 Å². The zero-order chi connectivity index (χ0) is 26.8. The number of amides is 1. The van der Waals surface area contributed by atoms with E-state index in [9.17, 15) is 4.79 Å². The third-order valence-electron chi connectivity index (χ3n) is 7.31. The van der Waals surface area contributed by atoms with Gasteiger partial charge in [-0.15, -0.1) is 11.3 Å². The molecule has 3 aromatic heterocycles. The Morgan fingerprint density at radius 3 is 2.77 bits per heavy atom. The molecule has 2 aliphatic rings. The lowest BCUT2D eigenvalue weighted by Gasteiger charge is -2.28. The minimum absolute atomic E-state index is 0.230. The Balaban J connectivity index is 1.35. The number of rotatable bonds is 8. The average Bonchev–Trinajstić information content (AvgIpc) is 3.57. The van der Waals surface area contributed by atoms with E-state index in [1.807, 2.05) is 29.1 Å². The van der Waals surface area contributed by atoms with Crippen molar-refractivity contribution in [3.8, 4) is 11.4 Å². The second-order valence-corrected chi connectivity index (χ2v) is 11.2. The van der Waals surface area contributed by atoms with Crippen LogP contribution in [0.1, 0.15) is 17.7 Å². The van der Waals surface area contributed by atoms with E-state index < -0.39 is 5.91 Å². The third kappa shape index (κ3) is 5.64. The van der Waals surface area contributed by atoms with Crippen LogP contribution in [0.2, 0.25) is 0 Å². The van der Waals surface area contributed by atoms with E-state index in [0.29, 0.717) is 32.0 Å². The van der Waals surface area contributed by atoms with Crippen molar-refractivity contribution in [2.75, 3.05) is 57.4 Å². The van der Waals surface area contributed by atoms with Crippen LogP contribution < -0.4 is 10.4 Å². The summed E-state index contributed by atoms with van der Waals surface area (Å²) in [6, 6.07) is 8.23. The molecule has 0 bridgehead atoms. The topological polar surface area (TPSA) is 112 Å². The lowest BCUT2D eigenvalue weighted by atomic mass is 10.1. The van der Waals surface area contributed by atoms with E-state index in [2.05, 4.69) is 27.2 Å². The molecule has 6 rings (SSSR count). The number of piperazine rings is 1. The molecule has 0 radical (unpaired) electrons. The van der Waals surface area contributed by atoms with Crippen molar-refractivity contribution < 1.29 is 19.3 Å². The summed E-state index contributed by atoms with van der Waals surface area (Å²) in [4.78, 5) is 27.7. The Morgan fingerprint density at radius 2 is 1.97 bits per heavy atom. The fourth-order valence-electron chi connectivity index (χ4n) is 5.18. The number of aromatic nitrogens is 4. The Kier molecular flexibility index (Phi) is 7.51. The molecule has 1 amide bonds. The predicted octanol–water partition coefficient (Wildman–Crippen LogP) is 2.36. The first-order valence-electron chi connectivity index (χ1n) is 13.4. The number of anilines is 1. The number of hydrogen-bond donors (Lipinski definition) is 2. The van der Waals surface area contributed by atoms with E-state index in [4.69, 9.17) is 25.0 Å². The molecule has 0 atom stereocenters. The molecule has 11 nitrogen and oxygen atoms in total. The van der Waals surface area contributed by atoms with Crippen molar-refractivity contribution in [2.24, 2.45) is 0 Å². The number of ether oxygens (including phenoxy) is 1. The molecule has 0 aliphatic carbocycles. The number of aryl methyl sites for hydroxylation is 1. The van der Waals surface area contributed by atoms with Crippen LogP contribution in [-0.2, 0) is 22.6 Å². The minimum Gasteiger partial charge on any atom is -0.378 e. The van der Waals surface area contributed by atoms with Gasteiger partial charge in [0.15, 0.2) is 24.7 Å². The van der Waals surface area contributed by atoms with Crippen LogP contribution >= 0.6 is 11.3 Å². The highest BCUT2D eigenvalue weighted by atomic mass is 32.1. The van der Waals surface area contributed by atoms with Gasteiger partial charge in [0.1, 0.15) is 6.72 Å². The van der Waals surface area contributed by atoms with Gasteiger partial charge in [-0.3, -0.25) is 19.6 Å². The van der Waals surface area contributed by atoms with Gasteiger partial charge in [0.05, 0.1) is 42.0 Å². The molecule has 0 saturated carbocycles. The van der Waals surface area contributed by atoms with Crippen LogP contribution in [0.25, 0.3) is 32.5 Å². The smallest absolute Gasteiger partial charge is 0.243 e. The van der Waals surface area contributed by atoms with Crippen LogP contribution in [0.3, 0.4) is 0 Å². The summed E-state index contributed by atoms with van der Waals surface area (Å²) >= 11 is 1.79. The standard InChI is InChI=1S/C27H32N8O3S/c1-32-8-10-33(11-9-32)17-19-16-23-25(39-19)27(34-12-14-38-15-13-34)29-26(28-23)20-4-2-5-22-21(20)18-35(30-22)7-3-6-24(36)31-37/h2,4-5,16,18H,1,3,6-15,17H2,(H-,28,29,30,31,36,37)/p+1. The Hall–Kier alpha value is -3.45. The fourth-order valence-corrected chi connectivity index (χ4v) is 6.33. The number of morpholine rings is 1. The summed E-state index contributed by atoms with van der Waals surface area (Å²) in [7, 11) is 0. The monoisotopic (exact) mass is 549 g/mol. The third-order valence-corrected chi connectivity index (χ3v) is 8.42. The van der Waals surface area contributed by atoms with Gasteiger partial charge in [0.2, 0.25) is 5.91 Å².